The van der Waals surface area contributed by atoms with Gasteiger partial charge in [-0.3, -0.25) is 4.79 Å². The van der Waals surface area contributed by atoms with Gasteiger partial charge in [-0.15, -0.1) is 0 Å². The van der Waals surface area contributed by atoms with Gasteiger partial charge in [-0.25, -0.2) is 4.98 Å². The highest BCUT2D eigenvalue weighted by Crippen LogP contribution is 2.02. The molecule has 1 aromatic heterocycles. The molecule has 4 heteroatoms. The van der Waals surface area contributed by atoms with Crippen molar-refractivity contribution in [2.75, 3.05) is 0 Å². The number of rotatable bonds is 6. The Balaban J connectivity index is 1.85. The molecule has 2 rings (SSSR count). The molecular formula is C15H19N3O. The summed E-state index contributed by atoms with van der Waals surface area (Å²) in [5.41, 5.74) is 1.11. The van der Waals surface area contributed by atoms with Crippen LogP contribution in [0.25, 0.3) is 0 Å². The summed E-state index contributed by atoms with van der Waals surface area (Å²) in [6.45, 7) is 3.01. The quantitative estimate of drug-likeness (QED) is 0.862. The van der Waals surface area contributed by atoms with Crippen molar-refractivity contribution in [2.24, 2.45) is 0 Å². The molecule has 1 N–H and O–H groups in total. The molecular weight excluding hydrogens is 238 g/mol. The minimum Gasteiger partial charge on any atom is -0.350 e. The van der Waals surface area contributed by atoms with Crippen LogP contribution in [0, 0.1) is 0 Å². The predicted octanol–water partition coefficient (Wildman–Crippen LogP) is 2.15. The van der Waals surface area contributed by atoms with Gasteiger partial charge in [0.15, 0.2) is 0 Å². The van der Waals surface area contributed by atoms with E-state index in [1.165, 1.54) is 0 Å². The Labute approximate surface area is 113 Å². The van der Waals surface area contributed by atoms with E-state index < -0.39 is 0 Å². The highest BCUT2D eigenvalue weighted by Gasteiger charge is 2.06. The van der Waals surface area contributed by atoms with E-state index in [0.29, 0.717) is 13.1 Å². The monoisotopic (exact) mass is 257 g/mol. The van der Waals surface area contributed by atoms with E-state index in [1.54, 1.807) is 6.20 Å². The van der Waals surface area contributed by atoms with Gasteiger partial charge in [0.05, 0.1) is 0 Å². The fourth-order valence-electron chi connectivity index (χ4n) is 1.94. The first-order chi connectivity index (χ1) is 9.29. The highest BCUT2D eigenvalue weighted by molar-refractivity contribution is 5.75. The van der Waals surface area contributed by atoms with Crippen LogP contribution in [0.15, 0.2) is 42.7 Å². The molecule has 1 aromatic carbocycles. The number of nitrogens with one attached hydrogen (secondary N) is 1. The second-order valence-corrected chi connectivity index (χ2v) is 4.48. The number of hydrogen-bond acceptors (Lipinski definition) is 2. The summed E-state index contributed by atoms with van der Waals surface area (Å²) in [5, 5.41) is 2.92. The number of aromatic nitrogens is 2. The van der Waals surface area contributed by atoms with Crippen molar-refractivity contribution in [3.8, 4) is 0 Å². The third kappa shape index (κ3) is 3.95. The fourth-order valence-corrected chi connectivity index (χ4v) is 1.94. The lowest BCUT2D eigenvalue weighted by molar-refractivity contribution is -0.121. The first-order valence-electron chi connectivity index (χ1n) is 6.60. The molecule has 0 aliphatic heterocycles. The van der Waals surface area contributed by atoms with Gasteiger partial charge in [-0.1, -0.05) is 37.3 Å². The van der Waals surface area contributed by atoms with Gasteiger partial charge in [-0.05, 0) is 12.0 Å². The third-order valence-electron chi connectivity index (χ3n) is 2.92. The predicted molar refractivity (Wildman–Crippen MR) is 74.5 cm³/mol. The number of carbonyl (C=O) groups excluding carboxylic acids is 1. The van der Waals surface area contributed by atoms with E-state index >= 15 is 0 Å². The average molecular weight is 257 g/mol. The van der Waals surface area contributed by atoms with Crippen molar-refractivity contribution in [1.82, 2.24) is 14.9 Å². The normalized spacial score (nSPS) is 10.4. The molecule has 1 amide bonds. The Morgan fingerprint density at radius 2 is 2.11 bits per heavy atom. The molecule has 0 spiro atoms. The van der Waals surface area contributed by atoms with Crippen LogP contribution >= 0.6 is 0 Å². The SMILES string of the molecule is CCCc1nccn1CC(=O)NCc1ccccc1. The van der Waals surface area contributed by atoms with Crippen LogP contribution in [0.3, 0.4) is 0 Å². The van der Waals surface area contributed by atoms with Gasteiger partial charge in [0, 0.05) is 25.4 Å². The van der Waals surface area contributed by atoms with Gasteiger partial charge in [0.1, 0.15) is 12.4 Å². The summed E-state index contributed by atoms with van der Waals surface area (Å²) in [7, 11) is 0. The first-order valence-corrected chi connectivity index (χ1v) is 6.60. The summed E-state index contributed by atoms with van der Waals surface area (Å²) >= 11 is 0. The lowest BCUT2D eigenvalue weighted by atomic mass is 10.2. The van der Waals surface area contributed by atoms with Crippen LogP contribution in [-0.2, 0) is 24.3 Å². The zero-order valence-corrected chi connectivity index (χ0v) is 11.2. The van der Waals surface area contributed by atoms with Crippen molar-refractivity contribution in [1.29, 1.82) is 0 Å². The molecule has 2 aromatic rings. The molecule has 0 saturated heterocycles. The maximum atomic E-state index is 11.9. The maximum Gasteiger partial charge on any atom is 0.240 e. The molecule has 0 fully saturated rings. The van der Waals surface area contributed by atoms with Gasteiger partial charge in [-0.2, -0.15) is 0 Å². The molecule has 19 heavy (non-hydrogen) atoms. The summed E-state index contributed by atoms with van der Waals surface area (Å²) < 4.78 is 1.91. The molecule has 0 atom stereocenters. The minimum absolute atomic E-state index is 0.0132. The number of hydrogen-bond donors (Lipinski definition) is 1. The Hall–Kier alpha value is -2.10. The summed E-state index contributed by atoms with van der Waals surface area (Å²) in [4.78, 5) is 16.1. The largest absolute Gasteiger partial charge is 0.350 e. The maximum absolute atomic E-state index is 11.9. The van der Waals surface area contributed by atoms with Crippen LogP contribution in [0.5, 0.6) is 0 Å². The van der Waals surface area contributed by atoms with Crippen molar-refractivity contribution >= 4 is 5.91 Å². The fraction of sp³-hybridized carbons (Fsp3) is 0.333. The van der Waals surface area contributed by atoms with Gasteiger partial charge in [0.25, 0.3) is 0 Å². The summed E-state index contributed by atoms with van der Waals surface area (Å²) in [6, 6.07) is 9.90. The second-order valence-electron chi connectivity index (χ2n) is 4.48. The number of nitrogens with zero attached hydrogens (tertiary/aromatic N) is 2. The Bertz CT molecular complexity index is 519. The first kappa shape index (κ1) is 13.3. The molecule has 1 heterocycles. The van der Waals surface area contributed by atoms with Crippen LogP contribution < -0.4 is 5.32 Å². The van der Waals surface area contributed by atoms with E-state index in [0.717, 1.165) is 24.2 Å². The summed E-state index contributed by atoms with van der Waals surface area (Å²) in [5.74, 6) is 0.983. The van der Waals surface area contributed by atoms with E-state index in [1.807, 2.05) is 41.1 Å². The standard InChI is InChI=1S/C15H19N3O/c1-2-6-14-16-9-10-18(14)12-15(19)17-11-13-7-4-3-5-8-13/h3-5,7-10H,2,6,11-12H2,1H3,(H,17,19). The number of imidazole rings is 1. The Kier molecular flexibility index (Phi) is 4.72. The van der Waals surface area contributed by atoms with Crippen LogP contribution in [0.4, 0.5) is 0 Å². The van der Waals surface area contributed by atoms with E-state index in [4.69, 9.17) is 0 Å². The topological polar surface area (TPSA) is 46.9 Å². The van der Waals surface area contributed by atoms with Crippen LogP contribution in [0.2, 0.25) is 0 Å². The molecule has 0 radical (unpaired) electrons. The average Bonchev–Trinajstić information content (AvgIpc) is 2.85. The zero-order valence-electron chi connectivity index (χ0n) is 11.2. The summed E-state index contributed by atoms with van der Waals surface area (Å²) in [6.07, 6.45) is 5.53. The van der Waals surface area contributed by atoms with Crippen LogP contribution in [-0.4, -0.2) is 15.5 Å². The lowest BCUT2D eigenvalue weighted by Crippen LogP contribution is -2.27. The Morgan fingerprint density at radius 3 is 2.84 bits per heavy atom. The van der Waals surface area contributed by atoms with Gasteiger partial charge < -0.3 is 9.88 Å². The lowest BCUT2D eigenvalue weighted by Gasteiger charge is -2.08. The van der Waals surface area contributed by atoms with Gasteiger partial charge >= 0.3 is 0 Å². The van der Waals surface area contributed by atoms with Crippen molar-refractivity contribution < 1.29 is 4.79 Å². The van der Waals surface area contributed by atoms with Crippen molar-refractivity contribution in [2.45, 2.75) is 32.9 Å². The third-order valence-corrected chi connectivity index (χ3v) is 2.92. The number of benzene rings is 1. The second kappa shape index (κ2) is 6.73. The van der Waals surface area contributed by atoms with Gasteiger partial charge in [0.2, 0.25) is 5.91 Å². The van der Waals surface area contributed by atoms with Crippen molar-refractivity contribution in [3.05, 3.63) is 54.1 Å². The Morgan fingerprint density at radius 1 is 1.32 bits per heavy atom. The molecule has 0 saturated carbocycles. The minimum atomic E-state index is 0.0132. The molecule has 0 aliphatic carbocycles. The van der Waals surface area contributed by atoms with Crippen LogP contribution in [0.1, 0.15) is 24.7 Å². The smallest absolute Gasteiger partial charge is 0.240 e. The molecule has 0 aliphatic rings. The molecule has 4 nitrogen and oxygen atoms in total. The van der Waals surface area contributed by atoms with E-state index in [9.17, 15) is 4.79 Å². The number of amides is 1. The molecule has 0 unspecified atom stereocenters. The molecule has 100 valence electrons. The highest BCUT2D eigenvalue weighted by atomic mass is 16.1. The molecule has 0 bridgehead atoms. The van der Waals surface area contributed by atoms with E-state index in [2.05, 4.69) is 17.2 Å². The number of aryl methyl sites for hydroxylation is 1. The van der Waals surface area contributed by atoms with E-state index in [-0.39, 0.29) is 5.91 Å². The number of carbonyl (C=O) groups is 1. The zero-order chi connectivity index (χ0) is 13.5. The van der Waals surface area contributed by atoms with Crippen molar-refractivity contribution in [3.63, 3.8) is 0 Å².